The van der Waals surface area contributed by atoms with E-state index in [0.717, 1.165) is 11.3 Å². The largest absolute Gasteiger partial charge is 0.495 e. The molecule has 0 saturated heterocycles. The van der Waals surface area contributed by atoms with Crippen LogP contribution in [0.25, 0.3) is 5.76 Å². The Morgan fingerprint density at radius 2 is 1.40 bits per heavy atom. The average Bonchev–Trinajstić information content (AvgIpc) is 2.61. The molecular weight excluding hydrogens is 316 g/mol. The first-order chi connectivity index (χ1) is 11.8. The fraction of sp³-hybridized carbons (Fsp3) is 0.350. The molecule has 0 spiro atoms. The molecule has 0 aromatic carbocycles. The summed E-state index contributed by atoms with van der Waals surface area (Å²) in [6.07, 6.45) is 3.47. The van der Waals surface area contributed by atoms with Gasteiger partial charge in [-0.05, 0) is 35.1 Å². The molecule has 5 nitrogen and oxygen atoms in total. The van der Waals surface area contributed by atoms with E-state index in [4.69, 9.17) is 9.84 Å². The van der Waals surface area contributed by atoms with Gasteiger partial charge >= 0.3 is 5.97 Å². The highest BCUT2D eigenvalue weighted by atomic mass is 16.5. The highest BCUT2D eigenvalue weighted by molar-refractivity contribution is 5.85. The van der Waals surface area contributed by atoms with E-state index in [9.17, 15) is 4.79 Å². The van der Waals surface area contributed by atoms with Gasteiger partial charge in [0.15, 0.2) is 0 Å². The number of pyridine rings is 2. The number of carboxylic acids is 1. The van der Waals surface area contributed by atoms with Crippen LogP contribution in [0.3, 0.4) is 0 Å². The number of methoxy groups -OCH3 is 1. The molecule has 0 aliphatic rings. The molecule has 0 bridgehead atoms. The minimum Gasteiger partial charge on any atom is -0.495 e. The van der Waals surface area contributed by atoms with Gasteiger partial charge in [0, 0.05) is 12.4 Å². The molecule has 25 heavy (non-hydrogen) atoms. The van der Waals surface area contributed by atoms with Gasteiger partial charge in [0.2, 0.25) is 0 Å². The van der Waals surface area contributed by atoms with Crippen LogP contribution < -0.4 is 0 Å². The third-order valence-corrected chi connectivity index (χ3v) is 3.66. The van der Waals surface area contributed by atoms with Crippen molar-refractivity contribution in [1.82, 2.24) is 9.97 Å². The second kappa shape index (κ2) is 9.57. The molecular formula is C20H26N2O3. The molecule has 0 atom stereocenters. The van der Waals surface area contributed by atoms with Crippen LogP contribution in [0.4, 0.5) is 0 Å². The third kappa shape index (κ3) is 6.37. The van der Waals surface area contributed by atoms with E-state index in [2.05, 4.69) is 36.5 Å². The number of aromatic nitrogens is 2. The zero-order valence-electron chi connectivity index (χ0n) is 15.5. The highest BCUT2D eigenvalue weighted by Crippen LogP contribution is 2.16. The summed E-state index contributed by atoms with van der Waals surface area (Å²) >= 11 is 0. The lowest BCUT2D eigenvalue weighted by atomic mass is 10.1. The Kier molecular flexibility index (Phi) is 7.79. The van der Waals surface area contributed by atoms with Crippen molar-refractivity contribution in [3.05, 3.63) is 65.8 Å². The van der Waals surface area contributed by atoms with Gasteiger partial charge in [-0.1, -0.05) is 46.4 Å². The number of hydrogen-bond donors (Lipinski definition) is 1. The van der Waals surface area contributed by atoms with Crippen LogP contribution >= 0.6 is 0 Å². The summed E-state index contributed by atoms with van der Waals surface area (Å²) in [6.45, 7) is 12.1. The highest BCUT2D eigenvalue weighted by Gasteiger charge is 2.04. The number of hydrogen-bond acceptors (Lipinski definition) is 4. The predicted octanol–water partition coefficient (Wildman–Crippen LogP) is 4.73. The molecule has 2 heterocycles. The summed E-state index contributed by atoms with van der Waals surface area (Å²) in [7, 11) is 1.60. The minimum atomic E-state index is -0.981. The Hall–Kier alpha value is -2.69. The SMILES string of the molecule is C=C(OC)c1ccc(C(C)C)cn1.CC(C)c1ccc(C(=O)O)nc1. The molecule has 2 rings (SSSR count). The lowest BCUT2D eigenvalue weighted by Gasteiger charge is -2.06. The molecule has 0 radical (unpaired) electrons. The monoisotopic (exact) mass is 342 g/mol. The third-order valence-electron chi connectivity index (χ3n) is 3.66. The fourth-order valence-corrected chi connectivity index (χ4v) is 1.89. The number of carboxylic acid groups (broad SMARTS) is 1. The Morgan fingerprint density at radius 1 is 0.960 bits per heavy atom. The lowest BCUT2D eigenvalue weighted by Crippen LogP contribution is -2.00. The van der Waals surface area contributed by atoms with Crippen molar-refractivity contribution in [3.63, 3.8) is 0 Å². The molecule has 2 aromatic rings. The lowest BCUT2D eigenvalue weighted by molar-refractivity contribution is 0.0690. The molecule has 134 valence electrons. The zero-order chi connectivity index (χ0) is 19.0. The van der Waals surface area contributed by atoms with Crippen molar-refractivity contribution in [2.75, 3.05) is 7.11 Å². The molecule has 0 fully saturated rings. The maximum absolute atomic E-state index is 10.4. The summed E-state index contributed by atoms with van der Waals surface area (Å²) in [6, 6.07) is 7.30. The van der Waals surface area contributed by atoms with Gasteiger partial charge in [-0.2, -0.15) is 0 Å². The quantitative estimate of drug-likeness (QED) is 0.796. The summed E-state index contributed by atoms with van der Waals surface area (Å²) in [5.74, 6) is 0.526. The van der Waals surface area contributed by atoms with E-state index in [-0.39, 0.29) is 5.69 Å². The summed E-state index contributed by atoms with van der Waals surface area (Å²) < 4.78 is 4.98. The van der Waals surface area contributed by atoms with Crippen molar-refractivity contribution >= 4 is 11.7 Å². The summed E-state index contributed by atoms with van der Waals surface area (Å²) in [4.78, 5) is 18.5. The zero-order valence-corrected chi connectivity index (χ0v) is 15.5. The summed E-state index contributed by atoms with van der Waals surface area (Å²) in [5.41, 5.74) is 3.18. The van der Waals surface area contributed by atoms with Crippen molar-refractivity contribution in [3.8, 4) is 0 Å². The van der Waals surface area contributed by atoms with Gasteiger partial charge in [-0.15, -0.1) is 0 Å². The number of aromatic carboxylic acids is 1. The van der Waals surface area contributed by atoms with Crippen LogP contribution in [-0.2, 0) is 4.74 Å². The number of nitrogens with zero attached hydrogens (tertiary/aromatic N) is 2. The minimum absolute atomic E-state index is 0.0967. The predicted molar refractivity (Wildman–Crippen MR) is 99.7 cm³/mol. The van der Waals surface area contributed by atoms with Gasteiger partial charge in [0.25, 0.3) is 0 Å². The van der Waals surface area contributed by atoms with Crippen molar-refractivity contribution in [2.24, 2.45) is 0 Å². The molecule has 0 amide bonds. The van der Waals surface area contributed by atoms with Crippen molar-refractivity contribution in [2.45, 2.75) is 39.5 Å². The maximum atomic E-state index is 10.4. The Labute approximate surface area is 149 Å². The molecule has 5 heteroatoms. The van der Waals surface area contributed by atoms with Crippen LogP contribution in [0, 0.1) is 0 Å². The van der Waals surface area contributed by atoms with Gasteiger partial charge in [-0.25, -0.2) is 9.78 Å². The topological polar surface area (TPSA) is 72.3 Å². The first kappa shape index (κ1) is 20.4. The first-order valence-corrected chi connectivity index (χ1v) is 8.14. The summed E-state index contributed by atoms with van der Waals surface area (Å²) in [5, 5.41) is 8.55. The Bertz CT molecular complexity index is 690. The van der Waals surface area contributed by atoms with Crippen LogP contribution in [-0.4, -0.2) is 28.2 Å². The second-order valence-corrected chi connectivity index (χ2v) is 6.20. The number of rotatable bonds is 5. The first-order valence-electron chi connectivity index (χ1n) is 8.14. The molecule has 0 aliphatic heterocycles. The maximum Gasteiger partial charge on any atom is 0.354 e. The van der Waals surface area contributed by atoms with Crippen LogP contribution in [0.5, 0.6) is 0 Å². The van der Waals surface area contributed by atoms with Gasteiger partial charge in [0.05, 0.1) is 7.11 Å². The Morgan fingerprint density at radius 3 is 1.68 bits per heavy atom. The molecule has 0 aliphatic carbocycles. The smallest absolute Gasteiger partial charge is 0.354 e. The molecule has 1 N–H and O–H groups in total. The van der Waals surface area contributed by atoms with Crippen molar-refractivity contribution in [1.29, 1.82) is 0 Å². The fourth-order valence-electron chi connectivity index (χ4n) is 1.89. The average molecular weight is 342 g/mol. The van der Waals surface area contributed by atoms with E-state index < -0.39 is 5.97 Å². The standard InChI is InChI=1S/C11H15NO.C9H11NO2/c1-8(2)10-5-6-11(12-7-10)9(3)13-4;1-6(2)7-3-4-8(9(11)12)10-5-7/h5-8H,3H2,1-2,4H3;3-6H,1-2H3,(H,11,12). The molecule has 2 aromatic heterocycles. The van der Waals surface area contributed by atoms with Gasteiger partial charge in [-0.3, -0.25) is 4.98 Å². The van der Waals surface area contributed by atoms with Gasteiger partial charge < -0.3 is 9.84 Å². The number of ether oxygens (including phenoxy) is 1. The Balaban J connectivity index is 0.000000251. The van der Waals surface area contributed by atoms with Crippen molar-refractivity contribution < 1.29 is 14.6 Å². The van der Waals surface area contributed by atoms with E-state index in [0.29, 0.717) is 17.6 Å². The van der Waals surface area contributed by atoms with Crippen LogP contribution in [0.15, 0.2) is 43.2 Å². The van der Waals surface area contributed by atoms with Gasteiger partial charge in [0.1, 0.15) is 17.1 Å². The molecule has 0 saturated carbocycles. The molecule has 0 unspecified atom stereocenters. The van der Waals surface area contributed by atoms with E-state index in [1.165, 1.54) is 11.6 Å². The van der Waals surface area contributed by atoms with Crippen LogP contribution in [0.1, 0.15) is 66.8 Å². The van der Waals surface area contributed by atoms with E-state index in [1.807, 2.05) is 26.1 Å². The normalized spacial score (nSPS) is 10.2. The second-order valence-electron chi connectivity index (χ2n) is 6.20. The number of carbonyl (C=O) groups is 1. The van der Waals surface area contributed by atoms with E-state index in [1.54, 1.807) is 19.4 Å². The van der Waals surface area contributed by atoms with E-state index >= 15 is 0 Å². The van der Waals surface area contributed by atoms with Crippen LogP contribution in [0.2, 0.25) is 0 Å².